The number of hydrogen-bond donors (Lipinski definition) is 3. The summed E-state index contributed by atoms with van der Waals surface area (Å²) in [5.74, 6) is -1.25. The van der Waals surface area contributed by atoms with E-state index in [1.165, 1.54) is 41.3 Å². The minimum atomic E-state index is -4.05. The third-order valence-corrected chi connectivity index (χ3v) is 8.59. The first-order chi connectivity index (χ1) is 20.4. The Balaban J connectivity index is 1.61. The first kappa shape index (κ1) is 31.7. The van der Waals surface area contributed by atoms with Gasteiger partial charge in [-0.2, -0.15) is 0 Å². The van der Waals surface area contributed by atoms with Crippen molar-refractivity contribution in [2.75, 3.05) is 36.8 Å². The van der Waals surface area contributed by atoms with E-state index in [4.69, 9.17) is 4.74 Å². The summed E-state index contributed by atoms with van der Waals surface area (Å²) < 4.78 is 61.2. The second kappa shape index (κ2) is 13.4. The van der Waals surface area contributed by atoms with Crippen molar-refractivity contribution < 1.29 is 36.6 Å². The molecule has 4 rings (SSSR count). The van der Waals surface area contributed by atoms with Crippen LogP contribution in [0.1, 0.15) is 19.4 Å². The van der Waals surface area contributed by atoms with Crippen molar-refractivity contribution >= 4 is 33.3 Å². The monoisotopic (exact) mass is 616 g/mol. The molecule has 13 heteroatoms. The number of urea groups is 1. The lowest BCUT2D eigenvalue weighted by Crippen LogP contribution is -2.48. The van der Waals surface area contributed by atoms with Crippen molar-refractivity contribution in [1.29, 1.82) is 0 Å². The van der Waals surface area contributed by atoms with Crippen LogP contribution in [0.5, 0.6) is 5.75 Å². The highest BCUT2D eigenvalue weighted by atomic mass is 32.2. The summed E-state index contributed by atoms with van der Waals surface area (Å²) in [6, 6.07) is 13.3. The molecule has 0 saturated heterocycles. The van der Waals surface area contributed by atoms with Crippen molar-refractivity contribution in [2.24, 2.45) is 5.92 Å². The van der Waals surface area contributed by atoms with E-state index in [9.17, 15) is 31.9 Å². The molecule has 0 spiro atoms. The van der Waals surface area contributed by atoms with E-state index >= 15 is 0 Å². The number of nitrogens with zero attached hydrogens (tertiary/aromatic N) is 2. The highest BCUT2D eigenvalue weighted by Gasteiger charge is 2.32. The van der Waals surface area contributed by atoms with Gasteiger partial charge in [0.05, 0.1) is 30.5 Å². The molecule has 3 aromatic rings. The van der Waals surface area contributed by atoms with Crippen LogP contribution >= 0.6 is 0 Å². The van der Waals surface area contributed by atoms with Crippen LogP contribution in [0.4, 0.5) is 25.0 Å². The molecule has 3 N–H and O–H groups in total. The van der Waals surface area contributed by atoms with E-state index in [2.05, 4.69) is 10.0 Å². The van der Waals surface area contributed by atoms with E-state index in [0.717, 1.165) is 24.3 Å². The number of benzene rings is 3. The van der Waals surface area contributed by atoms with Crippen molar-refractivity contribution in [3.05, 3.63) is 83.9 Å². The Morgan fingerprint density at radius 3 is 2.30 bits per heavy atom. The van der Waals surface area contributed by atoms with E-state index in [0.29, 0.717) is 17.0 Å². The Morgan fingerprint density at radius 2 is 1.67 bits per heavy atom. The number of rotatable bonds is 8. The van der Waals surface area contributed by atoms with Gasteiger partial charge in [0.2, 0.25) is 5.91 Å². The Bertz CT molecular complexity index is 1550. The molecule has 0 unspecified atom stereocenters. The molecule has 0 saturated carbocycles. The molecular formula is C30H34F2N4O6S. The van der Waals surface area contributed by atoms with Crippen LogP contribution in [0.2, 0.25) is 0 Å². The number of anilines is 2. The van der Waals surface area contributed by atoms with Crippen molar-refractivity contribution in [1.82, 2.24) is 9.80 Å². The largest absolute Gasteiger partial charge is 0.488 e. The van der Waals surface area contributed by atoms with E-state index in [1.807, 2.05) is 6.92 Å². The van der Waals surface area contributed by atoms with Gasteiger partial charge in [-0.15, -0.1) is 0 Å². The number of sulfonamides is 1. The zero-order valence-electron chi connectivity index (χ0n) is 24.0. The number of carbonyl (C=O) groups is 2. The molecule has 0 radical (unpaired) electrons. The molecule has 0 aliphatic carbocycles. The molecule has 1 aliphatic heterocycles. The lowest BCUT2D eigenvalue weighted by atomic mass is 10.0. The Morgan fingerprint density at radius 1 is 1.07 bits per heavy atom. The third kappa shape index (κ3) is 7.99. The lowest BCUT2D eigenvalue weighted by Gasteiger charge is -2.34. The first-order valence-electron chi connectivity index (χ1n) is 13.6. The van der Waals surface area contributed by atoms with Crippen molar-refractivity contribution in [3.8, 4) is 5.75 Å². The molecule has 1 aliphatic rings. The van der Waals surface area contributed by atoms with Crippen molar-refractivity contribution in [2.45, 2.75) is 37.3 Å². The molecule has 0 bridgehead atoms. The summed E-state index contributed by atoms with van der Waals surface area (Å²) >= 11 is 0. The minimum Gasteiger partial charge on any atom is -0.488 e. The third-order valence-electron chi connectivity index (χ3n) is 7.19. The van der Waals surface area contributed by atoms with E-state index in [1.54, 1.807) is 24.9 Å². The van der Waals surface area contributed by atoms with Crippen LogP contribution in [0.3, 0.4) is 0 Å². The number of aliphatic hydroxyl groups excluding tert-OH is 1. The molecule has 1 heterocycles. The Labute approximate surface area is 249 Å². The average molecular weight is 617 g/mol. The summed E-state index contributed by atoms with van der Waals surface area (Å²) in [4.78, 5) is 29.2. The molecule has 43 heavy (non-hydrogen) atoms. The zero-order valence-corrected chi connectivity index (χ0v) is 24.8. The minimum absolute atomic E-state index is 0.113. The number of carbonyl (C=O) groups excluding carboxylic acids is 2. The SMILES string of the molecule is C[C@H](CO)N1C[C@H](C)[C@@H](CN(C)C(=O)Nc2ccc(F)cc2)Oc2ccc(NS(=O)(=O)c3ccc(F)cc3)cc2CC1=O. The number of ether oxygens (including phenoxy) is 1. The number of hydrogen-bond acceptors (Lipinski definition) is 6. The quantitative estimate of drug-likeness (QED) is 0.350. The smallest absolute Gasteiger partial charge is 0.321 e. The van der Waals surface area contributed by atoms with Gasteiger partial charge in [-0.05, 0) is 73.7 Å². The van der Waals surface area contributed by atoms with Crippen LogP contribution in [0.25, 0.3) is 0 Å². The number of aliphatic hydroxyl groups is 1. The second-order valence-corrected chi connectivity index (χ2v) is 12.3. The zero-order chi connectivity index (χ0) is 31.3. The van der Waals surface area contributed by atoms with Gasteiger partial charge in [-0.3, -0.25) is 9.52 Å². The molecule has 3 aromatic carbocycles. The molecule has 0 fully saturated rings. The number of nitrogens with one attached hydrogen (secondary N) is 2. The van der Waals surface area contributed by atoms with Gasteiger partial charge in [-0.25, -0.2) is 22.0 Å². The van der Waals surface area contributed by atoms with Gasteiger partial charge in [0.25, 0.3) is 10.0 Å². The fraction of sp³-hybridized carbons (Fsp3) is 0.333. The highest BCUT2D eigenvalue weighted by Crippen LogP contribution is 2.30. The summed E-state index contributed by atoms with van der Waals surface area (Å²) in [5, 5.41) is 12.6. The van der Waals surface area contributed by atoms with Crippen LogP contribution in [0.15, 0.2) is 71.6 Å². The standard InChI is InChI=1S/C30H34F2N4O6S/c1-19-16-36(20(2)18-37)29(38)15-21-14-25(34-43(40,41)26-11-6-23(32)7-12-26)10-13-27(21)42-28(19)17-35(3)30(39)33-24-8-4-22(31)5-9-24/h4-14,19-20,28,34,37H,15-18H2,1-3H3,(H,33,39)/t19-,20+,28+/m0/s1. The van der Waals surface area contributed by atoms with Crippen LogP contribution in [-0.2, 0) is 21.2 Å². The summed E-state index contributed by atoms with van der Waals surface area (Å²) in [5.41, 5.74) is 0.981. The fourth-order valence-electron chi connectivity index (χ4n) is 4.64. The van der Waals surface area contributed by atoms with Gasteiger partial charge in [-0.1, -0.05) is 6.92 Å². The normalized spacial score (nSPS) is 17.9. The predicted octanol–water partition coefficient (Wildman–Crippen LogP) is 4.08. The highest BCUT2D eigenvalue weighted by molar-refractivity contribution is 7.92. The summed E-state index contributed by atoms with van der Waals surface area (Å²) in [6.07, 6.45) is -0.740. The van der Waals surface area contributed by atoms with Crippen LogP contribution < -0.4 is 14.8 Å². The van der Waals surface area contributed by atoms with Gasteiger partial charge in [0, 0.05) is 36.4 Å². The van der Waals surface area contributed by atoms with Crippen molar-refractivity contribution in [3.63, 3.8) is 0 Å². The average Bonchev–Trinajstić information content (AvgIpc) is 3.01. The van der Waals surface area contributed by atoms with E-state index in [-0.39, 0.29) is 48.5 Å². The predicted molar refractivity (Wildman–Crippen MR) is 157 cm³/mol. The van der Waals surface area contributed by atoms with Gasteiger partial charge >= 0.3 is 6.03 Å². The number of fused-ring (bicyclic) bond motifs is 1. The maximum Gasteiger partial charge on any atom is 0.321 e. The Kier molecular flexibility index (Phi) is 9.87. The topological polar surface area (TPSA) is 128 Å². The fourth-order valence-corrected chi connectivity index (χ4v) is 5.69. The summed E-state index contributed by atoms with van der Waals surface area (Å²) in [7, 11) is -2.47. The number of halogens is 2. The number of likely N-dealkylation sites (N-methyl/N-ethyl adjacent to an activating group) is 1. The molecule has 10 nitrogen and oxygen atoms in total. The summed E-state index contributed by atoms with van der Waals surface area (Å²) in [6.45, 7) is 3.67. The van der Waals surface area contributed by atoms with E-state index < -0.39 is 39.8 Å². The molecule has 230 valence electrons. The maximum absolute atomic E-state index is 13.4. The van der Waals surface area contributed by atoms with Gasteiger partial charge < -0.3 is 25.0 Å². The molecular weight excluding hydrogens is 582 g/mol. The molecule has 0 aromatic heterocycles. The molecule has 3 amide bonds. The van der Waals surface area contributed by atoms with Gasteiger partial charge in [0.1, 0.15) is 23.5 Å². The maximum atomic E-state index is 13.4. The van der Waals surface area contributed by atoms with Crippen LogP contribution in [-0.4, -0.2) is 74.2 Å². The Hall–Kier alpha value is -4.23. The van der Waals surface area contributed by atoms with Gasteiger partial charge in [0.15, 0.2) is 0 Å². The second-order valence-electron chi connectivity index (χ2n) is 10.6. The lowest BCUT2D eigenvalue weighted by molar-refractivity contribution is -0.134. The molecule has 3 atom stereocenters. The first-order valence-corrected chi connectivity index (χ1v) is 15.1. The number of amides is 3. The van der Waals surface area contributed by atoms with Crippen LogP contribution in [0, 0.1) is 17.6 Å².